The van der Waals surface area contributed by atoms with Crippen molar-refractivity contribution in [2.45, 2.75) is 18.9 Å². The highest BCUT2D eigenvalue weighted by Gasteiger charge is 2.22. The molecule has 19 heavy (non-hydrogen) atoms. The second-order valence-corrected chi connectivity index (χ2v) is 4.80. The first-order valence-corrected chi connectivity index (χ1v) is 6.80. The maximum Gasteiger partial charge on any atom is 0.224 e. The first-order valence-electron chi connectivity index (χ1n) is 6.42. The molecule has 2 N–H and O–H groups in total. The summed E-state index contributed by atoms with van der Waals surface area (Å²) in [6.45, 7) is 2.16. The normalized spacial score (nSPS) is 16.7. The molecule has 0 saturated carbocycles. The molecule has 0 unspecified atom stereocenters. The molecular formula is C12H19ClN4O2. The molecule has 0 bridgehead atoms. The molecule has 7 heteroatoms. The van der Waals surface area contributed by atoms with Crippen LogP contribution in [0.25, 0.3) is 0 Å². The molecule has 1 aromatic rings. The Morgan fingerprint density at radius 1 is 1.53 bits per heavy atom. The number of ether oxygens (including phenoxy) is 1. The first-order chi connectivity index (χ1) is 9.24. The van der Waals surface area contributed by atoms with Crippen molar-refractivity contribution in [1.82, 2.24) is 9.97 Å². The van der Waals surface area contributed by atoms with Crippen LogP contribution in [-0.4, -0.2) is 54.5 Å². The van der Waals surface area contributed by atoms with E-state index in [1.165, 1.54) is 0 Å². The maximum absolute atomic E-state index is 8.74. The van der Waals surface area contributed by atoms with Crippen molar-refractivity contribution in [3.8, 4) is 0 Å². The number of rotatable bonds is 5. The third-order valence-corrected chi connectivity index (χ3v) is 3.40. The number of halogens is 1. The van der Waals surface area contributed by atoms with Gasteiger partial charge in [-0.2, -0.15) is 4.98 Å². The fraction of sp³-hybridized carbons (Fsp3) is 0.667. The lowest BCUT2D eigenvalue weighted by atomic mass is 10.1. The van der Waals surface area contributed by atoms with Crippen LogP contribution in [0.2, 0.25) is 5.02 Å². The summed E-state index contributed by atoms with van der Waals surface area (Å²) in [7, 11) is 1.78. The highest BCUT2D eigenvalue weighted by molar-refractivity contribution is 6.32. The molecule has 1 fully saturated rings. The van der Waals surface area contributed by atoms with Crippen LogP contribution in [0.4, 0.5) is 11.8 Å². The Balaban J connectivity index is 1.97. The summed E-state index contributed by atoms with van der Waals surface area (Å²) >= 11 is 6.15. The van der Waals surface area contributed by atoms with Gasteiger partial charge < -0.3 is 20.1 Å². The first kappa shape index (κ1) is 14.3. The van der Waals surface area contributed by atoms with E-state index in [0.29, 0.717) is 17.6 Å². The van der Waals surface area contributed by atoms with E-state index < -0.39 is 0 Å². The molecule has 0 atom stereocenters. The van der Waals surface area contributed by atoms with Crippen molar-refractivity contribution < 1.29 is 9.84 Å². The fourth-order valence-corrected chi connectivity index (χ4v) is 2.36. The van der Waals surface area contributed by atoms with Crippen LogP contribution >= 0.6 is 11.6 Å². The quantitative estimate of drug-likeness (QED) is 0.846. The Morgan fingerprint density at radius 3 is 2.89 bits per heavy atom. The highest BCUT2D eigenvalue weighted by Crippen LogP contribution is 2.27. The minimum Gasteiger partial charge on any atom is -0.394 e. The number of hydrogen-bond donors (Lipinski definition) is 2. The Labute approximate surface area is 117 Å². The third kappa shape index (κ3) is 3.68. The van der Waals surface area contributed by atoms with E-state index in [0.717, 1.165) is 31.7 Å². The predicted octanol–water partition coefficient (Wildman–Crippen LogP) is 1.15. The number of aliphatic hydroxyl groups excluding tert-OH is 1. The Morgan fingerprint density at radius 2 is 2.26 bits per heavy atom. The lowest BCUT2D eigenvalue weighted by Crippen LogP contribution is -2.38. The van der Waals surface area contributed by atoms with E-state index in [-0.39, 0.29) is 12.7 Å². The van der Waals surface area contributed by atoms with Crippen molar-refractivity contribution in [2.24, 2.45) is 0 Å². The molecule has 0 aromatic carbocycles. The summed E-state index contributed by atoms with van der Waals surface area (Å²) < 4.78 is 5.54. The van der Waals surface area contributed by atoms with E-state index in [2.05, 4.69) is 20.2 Å². The van der Waals surface area contributed by atoms with Gasteiger partial charge in [0.1, 0.15) is 5.02 Å². The van der Waals surface area contributed by atoms with Gasteiger partial charge in [0.25, 0.3) is 0 Å². The maximum atomic E-state index is 8.74. The summed E-state index contributed by atoms with van der Waals surface area (Å²) in [5.41, 5.74) is 0. The number of anilines is 2. The SMILES string of the molecule is CNc1ncc(Cl)c(N2CCC(OCCO)CC2)n1. The van der Waals surface area contributed by atoms with Crippen LogP contribution in [-0.2, 0) is 4.74 Å². The van der Waals surface area contributed by atoms with Gasteiger partial charge in [-0.3, -0.25) is 0 Å². The van der Waals surface area contributed by atoms with E-state index in [1.807, 2.05) is 0 Å². The summed E-state index contributed by atoms with van der Waals surface area (Å²) in [6.07, 6.45) is 3.65. The van der Waals surface area contributed by atoms with Crippen LogP contribution in [0, 0.1) is 0 Å². The van der Waals surface area contributed by atoms with Gasteiger partial charge in [-0.25, -0.2) is 4.98 Å². The predicted molar refractivity (Wildman–Crippen MR) is 74.9 cm³/mol. The summed E-state index contributed by atoms with van der Waals surface area (Å²) in [6, 6.07) is 0. The highest BCUT2D eigenvalue weighted by atomic mass is 35.5. The van der Waals surface area contributed by atoms with Crippen molar-refractivity contribution in [3.05, 3.63) is 11.2 Å². The van der Waals surface area contributed by atoms with Crippen LogP contribution in [0.5, 0.6) is 0 Å². The smallest absolute Gasteiger partial charge is 0.224 e. The van der Waals surface area contributed by atoms with Crippen LogP contribution in [0.3, 0.4) is 0 Å². The van der Waals surface area contributed by atoms with Gasteiger partial charge in [-0.15, -0.1) is 0 Å². The van der Waals surface area contributed by atoms with Crippen molar-refractivity contribution in [2.75, 3.05) is 43.6 Å². The van der Waals surface area contributed by atoms with Gasteiger partial charge in [-0.1, -0.05) is 11.6 Å². The molecule has 1 aliphatic heterocycles. The van der Waals surface area contributed by atoms with Gasteiger partial charge >= 0.3 is 0 Å². The second-order valence-electron chi connectivity index (χ2n) is 4.40. The molecule has 6 nitrogen and oxygen atoms in total. The number of hydrogen-bond acceptors (Lipinski definition) is 6. The van der Waals surface area contributed by atoms with E-state index >= 15 is 0 Å². The Hall–Kier alpha value is -1.11. The number of piperidine rings is 1. The number of aliphatic hydroxyl groups is 1. The number of aromatic nitrogens is 2. The molecule has 1 saturated heterocycles. The van der Waals surface area contributed by atoms with Crippen LogP contribution < -0.4 is 10.2 Å². The van der Waals surface area contributed by atoms with Gasteiger partial charge in [0.05, 0.1) is 25.5 Å². The molecule has 2 heterocycles. The molecular weight excluding hydrogens is 268 g/mol. The minimum absolute atomic E-state index is 0.0729. The van der Waals surface area contributed by atoms with E-state index in [1.54, 1.807) is 13.2 Å². The van der Waals surface area contributed by atoms with E-state index in [4.69, 9.17) is 21.4 Å². The zero-order valence-electron chi connectivity index (χ0n) is 11.0. The zero-order chi connectivity index (χ0) is 13.7. The van der Waals surface area contributed by atoms with E-state index in [9.17, 15) is 0 Å². The molecule has 0 radical (unpaired) electrons. The molecule has 0 aliphatic carbocycles. The fourth-order valence-electron chi connectivity index (χ4n) is 2.15. The Kier molecular flexibility index (Phi) is 5.18. The van der Waals surface area contributed by atoms with Crippen molar-refractivity contribution in [1.29, 1.82) is 0 Å². The largest absolute Gasteiger partial charge is 0.394 e. The molecule has 1 aliphatic rings. The van der Waals surface area contributed by atoms with Gasteiger partial charge in [0, 0.05) is 20.1 Å². The monoisotopic (exact) mass is 286 g/mol. The standard InChI is InChI=1S/C12H19ClN4O2/c1-14-12-15-8-10(13)11(16-12)17-4-2-9(3-5-17)19-7-6-18/h8-9,18H,2-7H2,1H3,(H,14,15,16). The average Bonchev–Trinajstić information content (AvgIpc) is 2.46. The third-order valence-electron chi connectivity index (χ3n) is 3.14. The average molecular weight is 287 g/mol. The second kappa shape index (κ2) is 6.88. The summed E-state index contributed by atoms with van der Waals surface area (Å²) in [5, 5.41) is 12.2. The lowest BCUT2D eigenvalue weighted by molar-refractivity contribution is 0.0158. The van der Waals surface area contributed by atoms with Gasteiger partial charge in [0.2, 0.25) is 5.95 Å². The Bertz CT molecular complexity index is 411. The molecule has 106 valence electrons. The van der Waals surface area contributed by atoms with Crippen LogP contribution in [0.15, 0.2) is 6.20 Å². The topological polar surface area (TPSA) is 70.5 Å². The molecule has 1 aromatic heterocycles. The lowest BCUT2D eigenvalue weighted by Gasteiger charge is -2.33. The van der Waals surface area contributed by atoms with Crippen molar-refractivity contribution in [3.63, 3.8) is 0 Å². The van der Waals surface area contributed by atoms with Gasteiger partial charge in [-0.05, 0) is 12.8 Å². The number of nitrogens with one attached hydrogen (secondary N) is 1. The van der Waals surface area contributed by atoms with Gasteiger partial charge in [0.15, 0.2) is 5.82 Å². The van der Waals surface area contributed by atoms with Crippen LogP contribution in [0.1, 0.15) is 12.8 Å². The molecule has 2 rings (SSSR count). The molecule has 0 spiro atoms. The molecule has 0 amide bonds. The van der Waals surface area contributed by atoms with Crippen molar-refractivity contribution >= 4 is 23.4 Å². The number of nitrogens with zero attached hydrogens (tertiary/aromatic N) is 3. The zero-order valence-corrected chi connectivity index (χ0v) is 11.7. The summed E-state index contributed by atoms with van der Waals surface area (Å²) in [5.74, 6) is 1.33. The minimum atomic E-state index is 0.0729. The summed E-state index contributed by atoms with van der Waals surface area (Å²) in [4.78, 5) is 10.6.